The number of ether oxygens (including phenoxy) is 2. The molecule has 4 aromatic heterocycles. The van der Waals surface area contributed by atoms with Crippen molar-refractivity contribution in [2.75, 3.05) is 27.4 Å². The first-order valence-electron chi connectivity index (χ1n) is 21.1. The molecule has 390 valence electrons. The van der Waals surface area contributed by atoms with Crippen LogP contribution in [0.4, 0.5) is 0 Å². The SMILES string of the molecule is C.CO.COC(=O)c1oc(C(=O)c2c[nH]c3c(CCCOC(C)=O)cccc23)c(O)c1-c1ccccc1.O.O=C(O)c1oc(C(=O)c2c[nH]c3c(CCCO)cccc23)c(O)c1-c1ccccc1.[I][V]([I])[I].[Na+].[OH-]. The zero-order valence-corrected chi connectivity index (χ0v) is 49.4. The molecule has 74 heavy (non-hydrogen) atoms. The third-order valence-corrected chi connectivity index (χ3v) is 10.5. The predicted octanol–water partition coefficient (Wildman–Crippen LogP) is 7.54. The number of carbonyl (C=O) groups is 5. The van der Waals surface area contributed by atoms with Crippen molar-refractivity contribution in [2.24, 2.45) is 0 Å². The van der Waals surface area contributed by atoms with Crippen molar-refractivity contribution in [1.82, 2.24) is 9.97 Å². The largest absolute Gasteiger partial charge is 1.00 e. The Morgan fingerprint density at radius 1 is 0.649 bits per heavy atom. The number of esters is 2. The first-order chi connectivity index (χ1) is 33.7. The zero-order chi connectivity index (χ0) is 51.1. The van der Waals surface area contributed by atoms with Crippen LogP contribution in [0.3, 0.4) is 0 Å². The van der Waals surface area contributed by atoms with Crippen molar-refractivity contribution >= 4 is 111 Å². The van der Waals surface area contributed by atoms with Crippen molar-refractivity contribution in [3.63, 3.8) is 0 Å². The van der Waals surface area contributed by atoms with Gasteiger partial charge in [0.15, 0.2) is 11.5 Å². The number of aliphatic hydroxyl groups is 2. The van der Waals surface area contributed by atoms with E-state index in [1.807, 2.05) is 18.2 Å². The minimum atomic E-state index is -1.38. The number of fused-ring (bicyclic) bond motifs is 2. The number of methoxy groups -OCH3 is 1. The number of hydrogen-bond acceptors (Lipinski definition) is 14. The molecular weight excluding hydrogens is 1350 g/mol. The second-order valence-electron chi connectivity index (χ2n) is 14.7. The summed E-state index contributed by atoms with van der Waals surface area (Å²) >= 11 is 7.39. The van der Waals surface area contributed by atoms with E-state index < -0.39 is 46.5 Å². The predicted molar refractivity (Wildman–Crippen MR) is 296 cm³/mol. The van der Waals surface area contributed by atoms with E-state index >= 15 is 0 Å². The topological polar surface area (TPSA) is 324 Å². The van der Waals surface area contributed by atoms with Crippen LogP contribution in [0.25, 0.3) is 44.1 Å². The normalized spacial score (nSPS) is 10.1. The molecule has 4 heterocycles. The summed E-state index contributed by atoms with van der Waals surface area (Å²) in [5, 5.41) is 48.5. The molecule has 0 unspecified atom stereocenters. The standard InChI is InChI=1S/C26H23NO7.C23H19NO6.CH4O.CH4.3HI.Na.2H2O.V/c1-15(28)33-13-7-11-17-10-6-12-18-19(14-27-21(17)18)22(29)25-23(30)20(16-8-4-3-5-9-16)24(34-25)26(31)32-2;25-11-5-9-14-8-4-10-15-16(12-24-18(14)15)19(26)22-20(27)17(21(30-22)23(28)29)13-6-2-1-3-7-13;1-2;;;;;;;;/h3-6,8-10,12,14,27,30H,7,11,13H2,1-2H3;1-4,6-8,10,12,24-25,27H,5,9,11H2,(H,28,29);2H,1H3;1H4;3*1H;;2*1H2;/q;;;;;;;+1;;;+3/p-4. The maximum atomic E-state index is 13.4. The Hall–Kier alpha value is -4.52. The molecule has 0 saturated heterocycles. The molecule has 4 aromatic carbocycles. The number of halogens is 3. The van der Waals surface area contributed by atoms with Gasteiger partial charge < -0.3 is 64.8 Å². The summed E-state index contributed by atoms with van der Waals surface area (Å²) in [6.07, 6.45) is 5.54. The smallest absolute Gasteiger partial charge is 0.870 e. The van der Waals surface area contributed by atoms with Crippen LogP contribution in [0.2, 0.25) is 0 Å². The second-order valence-corrected chi connectivity index (χ2v) is 50.1. The van der Waals surface area contributed by atoms with E-state index in [0.29, 0.717) is 54.2 Å². The monoisotopic (exact) mass is 1400 g/mol. The maximum Gasteiger partial charge on any atom is 1.00 e. The Bertz CT molecular complexity index is 3100. The quantitative estimate of drug-likeness (QED) is 0.0171. The van der Waals surface area contributed by atoms with Gasteiger partial charge in [-0.05, 0) is 47.9 Å². The number of aliphatic hydroxyl groups excluding tert-OH is 2. The Morgan fingerprint density at radius 2 is 1.05 bits per heavy atom. The number of benzene rings is 4. The summed E-state index contributed by atoms with van der Waals surface area (Å²) in [4.78, 5) is 67.5. The number of hydrogen-bond donors (Lipinski definition) is 7. The van der Waals surface area contributed by atoms with Crippen molar-refractivity contribution in [1.29, 1.82) is 0 Å². The van der Waals surface area contributed by atoms with Gasteiger partial charge in [0.1, 0.15) is 0 Å². The molecular formula is C51H53I3N2NaO16V. The number of para-hydroxylation sites is 2. The minimum Gasteiger partial charge on any atom is -0.870 e. The van der Waals surface area contributed by atoms with Gasteiger partial charge in [-0.2, -0.15) is 0 Å². The maximum absolute atomic E-state index is 13.4. The molecule has 0 aliphatic heterocycles. The molecule has 0 aliphatic carbocycles. The van der Waals surface area contributed by atoms with E-state index in [9.17, 15) is 39.3 Å². The Kier molecular flexibility index (Phi) is 29.9. The van der Waals surface area contributed by atoms with E-state index in [2.05, 4.69) is 69.9 Å². The summed E-state index contributed by atoms with van der Waals surface area (Å²) in [5.74, 6) is -6.16. The van der Waals surface area contributed by atoms with Crippen molar-refractivity contribution in [3.8, 4) is 33.8 Å². The number of aryl methyl sites for hydroxylation is 2. The molecule has 0 fully saturated rings. The summed E-state index contributed by atoms with van der Waals surface area (Å²) in [5.41, 5.74) is 4.97. The average Bonchev–Trinajstić information content (AvgIpc) is 4.16. The number of carboxylic acid groups (broad SMARTS) is 1. The number of H-pyrrole nitrogens is 2. The van der Waals surface area contributed by atoms with Crippen LogP contribution < -0.4 is 29.6 Å². The number of aromatic nitrogens is 2. The van der Waals surface area contributed by atoms with E-state index in [1.54, 1.807) is 85.1 Å². The number of aromatic amines is 2. The number of carbonyl (C=O) groups excluding carboxylic acids is 4. The fourth-order valence-electron chi connectivity index (χ4n) is 7.50. The van der Waals surface area contributed by atoms with E-state index in [4.69, 9.17) is 28.5 Å². The molecule has 0 amide bonds. The van der Waals surface area contributed by atoms with E-state index in [1.165, 1.54) is 20.2 Å². The van der Waals surface area contributed by atoms with E-state index in [0.717, 1.165) is 29.3 Å². The molecule has 0 radical (unpaired) electrons. The molecule has 23 heteroatoms. The molecule has 0 bridgehead atoms. The Balaban J connectivity index is 0.000000641. The molecule has 0 saturated carbocycles. The summed E-state index contributed by atoms with van der Waals surface area (Å²) in [6.45, 7) is 1.73. The van der Waals surface area contributed by atoms with Gasteiger partial charge in [0, 0.05) is 54.8 Å². The molecule has 0 spiro atoms. The van der Waals surface area contributed by atoms with Crippen LogP contribution in [0.5, 0.6) is 11.5 Å². The van der Waals surface area contributed by atoms with Gasteiger partial charge in [0.25, 0.3) is 0 Å². The molecule has 18 nitrogen and oxygen atoms in total. The fraction of sp³-hybridized carbons (Fsp3) is 0.196. The molecule has 8 rings (SSSR count). The minimum absolute atomic E-state index is 0. The summed E-state index contributed by atoms with van der Waals surface area (Å²) in [6, 6.07) is 28.1. The van der Waals surface area contributed by atoms with Gasteiger partial charge in [-0.3, -0.25) is 14.4 Å². The van der Waals surface area contributed by atoms with Crippen molar-refractivity contribution in [2.45, 2.75) is 40.0 Å². The Morgan fingerprint density at radius 3 is 1.45 bits per heavy atom. The van der Waals surface area contributed by atoms with Gasteiger partial charge in [0.05, 0.1) is 36.0 Å². The van der Waals surface area contributed by atoms with E-state index in [-0.39, 0.29) is 99.2 Å². The van der Waals surface area contributed by atoms with Gasteiger partial charge in [-0.25, -0.2) is 9.59 Å². The number of rotatable bonds is 15. The molecule has 10 N–H and O–H groups in total. The Labute approximate surface area is 485 Å². The van der Waals surface area contributed by atoms with Crippen LogP contribution in [-0.4, -0.2) is 103 Å². The average molecular weight is 1400 g/mol. The number of carboxylic acids is 1. The van der Waals surface area contributed by atoms with Crippen LogP contribution in [0.15, 0.2) is 118 Å². The van der Waals surface area contributed by atoms with Gasteiger partial charge in [-0.15, -0.1) is 0 Å². The first kappa shape index (κ1) is 67.5. The van der Waals surface area contributed by atoms with Gasteiger partial charge >= 0.3 is 112 Å². The number of nitrogens with one attached hydrogen (secondary N) is 2. The molecule has 0 atom stereocenters. The van der Waals surface area contributed by atoms with Crippen LogP contribution >= 0.6 is 59.9 Å². The first-order valence-corrected chi connectivity index (χ1v) is 34.6. The number of aromatic hydroxyl groups is 2. The van der Waals surface area contributed by atoms with Crippen LogP contribution in [0.1, 0.15) is 91.7 Å². The van der Waals surface area contributed by atoms with Gasteiger partial charge in [-0.1, -0.05) is 104 Å². The van der Waals surface area contributed by atoms with Crippen LogP contribution in [0, 0.1) is 0 Å². The zero-order valence-electron chi connectivity index (χ0n) is 39.6. The van der Waals surface area contributed by atoms with Crippen molar-refractivity contribution < 1.29 is 113 Å². The molecule has 8 aromatic rings. The summed E-state index contributed by atoms with van der Waals surface area (Å²) < 4.78 is 20.7. The number of ketones is 2. The molecule has 0 aliphatic rings. The third-order valence-electron chi connectivity index (χ3n) is 10.5. The second kappa shape index (κ2) is 32.8. The fourth-order valence-corrected chi connectivity index (χ4v) is 7.50. The van der Waals surface area contributed by atoms with Crippen LogP contribution in [-0.2, 0) is 32.0 Å². The number of aromatic carboxylic acids is 1. The summed E-state index contributed by atoms with van der Waals surface area (Å²) in [7, 11) is 2.20. The van der Waals surface area contributed by atoms with Crippen molar-refractivity contribution in [3.05, 3.63) is 155 Å². The third kappa shape index (κ3) is 16.5. The number of furan rings is 2. The van der Waals surface area contributed by atoms with Gasteiger partial charge in [0.2, 0.25) is 34.6 Å².